The highest BCUT2D eigenvalue weighted by molar-refractivity contribution is 7.89. The number of hydrazone groups is 1. The molecular weight excluding hydrogens is 264 g/mol. The van der Waals surface area contributed by atoms with Crippen LogP contribution in [0, 0.1) is 6.92 Å². The van der Waals surface area contributed by atoms with E-state index >= 15 is 0 Å². The molecular formula is C13H14N2O3S. The van der Waals surface area contributed by atoms with Crippen LogP contribution in [0.3, 0.4) is 0 Å². The molecule has 0 spiro atoms. The number of nitrogens with one attached hydrogen (secondary N) is 1. The van der Waals surface area contributed by atoms with E-state index in [1.807, 2.05) is 6.92 Å². The highest BCUT2D eigenvalue weighted by Gasteiger charge is 2.12. The molecule has 100 valence electrons. The minimum Gasteiger partial charge on any atom is -0.463 e. The molecule has 1 N–H and O–H groups in total. The molecule has 0 saturated heterocycles. The Bertz CT molecular complexity index is 671. The second-order valence-electron chi connectivity index (χ2n) is 4.08. The van der Waals surface area contributed by atoms with Crippen molar-refractivity contribution in [2.45, 2.75) is 18.7 Å². The third-order valence-electron chi connectivity index (χ3n) is 2.54. The maximum Gasteiger partial charge on any atom is 0.276 e. The first-order valence-electron chi connectivity index (χ1n) is 5.66. The largest absolute Gasteiger partial charge is 0.463 e. The highest BCUT2D eigenvalue weighted by Crippen LogP contribution is 2.10. The number of nitrogens with zero attached hydrogens (tertiary/aromatic N) is 1. The Kier molecular flexibility index (Phi) is 3.71. The molecule has 0 aliphatic heterocycles. The van der Waals surface area contributed by atoms with Crippen LogP contribution in [0.2, 0.25) is 0 Å². The van der Waals surface area contributed by atoms with Gasteiger partial charge in [-0.25, -0.2) is 0 Å². The summed E-state index contributed by atoms with van der Waals surface area (Å²) in [5.74, 6) is 0.520. The van der Waals surface area contributed by atoms with E-state index in [0.717, 1.165) is 5.56 Å². The van der Waals surface area contributed by atoms with E-state index in [0.29, 0.717) is 11.5 Å². The number of furan rings is 1. The lowest BCUT2D eigenvalue weighted by Gasteiger charge is -2.04. The van der Waals surface area contributed by atoms with E-state index in [9.17, 15) is 8.42 Å². The van der Waals surface area contributed by atoms with Crippen molar-refractivity contribution in [2.75, 3.05) is 0 Å². The molecule has 0 aliphatic rings. The first-order chi connectivity index (χ1) is 8.99. The second kappa shape index (κ2) is 5.27. The molecule has 5 nitrogen and oxygen atoms in total. The topological polar surface area (TPSA) is 71.7 Å². The van der Waals surface area contributed by atoms with Crippen molar-refractivity contribution in [3.8, 4) is 0 Å². The molecule has 6 heteroatoms. The Hall–Kier alpha value is -2.08. The molecule has 0 unspecified atom stereocenters. The van der Waals surface area contributed by atoms with Crippen molar-refractivity contribution < 1.29 is 12.8 Å². The average molecular weight is 278 g/mol. The smallest absolute Gasteiger partial charge is 0.276 e. The number of sulfonamides is 1. The Morgan fingerprint density at radius 2 is 1.89 bits per heavy atom. The molecule has 19 heavy (non-hydrogen) atoms. The molecule has 0 fully saturated rings. The van der Waals surface area contributed by atoms with Gasteiger partial charge in [-0.3, -0.25) is 0 Å². The van der Waals surface area contributed by atoms with Gasteiger partial charge >= 0.3 is 0 Å². The van der Waals surface area contributed by atoms with Crippen LogP contribution in [0.1, 0.15) is 18.2 Å². The van der Waals surface area contributed by atoms with Gasteiger partial charge in [0.05, 0.1) is 11.2 Å². The molecule has 0 radical (unpaired) electrons. The first kappa shape index (κ1) is 13.4. The predicted octanol–water partition coefficient (Wildman–Crippen LogP) is 2.29. The summed E-state index contributed by atoms with van der Waals surface area (Å²) in [7, 11) is -3.64. The number of aryl methyl sites for hydroxylation is 1. The lowest BCUT2D eigenvalue weighted by atomic mass is 10.2. The van der Waals surface area contributed by atoms with Crippen molar-refractivity contribution in [1.82, 2.24) is 4.83 Å². The van der Waals surface area contributed by atoms with Crippen LogP contribution in [0.25, 0.3) is 0 Å². The quantitative estimate of drug-likeness (QED) is 0.689. The zero-order valence-electron chi connectivity index (χ0n) is 10.6. The molecule has 0 aliphatic carbocycles. The van der Waals surface area contributed by atoms with Crippen LogP contribution in [0.5, 0.6) is 0 Å². The minimum absolute atomic E-state index is 0.175. The van der Waals surface area contributed by atoms with Gasteiger partial charge in [-0.1, -0.05) is 17.7 Å². The predicted molar refractivity (Wildman–Crippen MR) is 72.4 cm³/mol. The fourth-order valence-corrected chi connectivity index (χ4v) is 2.30. The zero-order chi connectivity index (χ0) is 13.9. The summed E-state index contributed by atoms with van der Waals surface area (Å²) in [6.45, 7) is 3.56. The van der Waals surface area contributed by atoms with Crippen molar-refractivity contribution in [2.24, 2.45) is 5.10 Å². The molecule has 1 aromatic carbocycles. The summed E-state index contributed by atoms with van der Waals surface area (Å²) in [5, 5.41) is 3.82. The van der Waals surface area contributed by atoms with Gasteiger partial charge in [-0.2, -0.15) is 18.4 Å². The monoisotopic (exact) mass is 278 g/mol. The second-order valence-corrected chi connectivity index (χ2v) is 5.74. The normalized spacial score (nSPS) is 12.4. The van der Waals surface area contributed by atoms with Gasteiger partial charge in [0.2, 0.25) is 0 Å². The van der Waals surface area contributed by atoms with Crippen molar-refractivity contribution in [3.05, 3.63) is 54.0 Å². The van der Waals surface area contributed by atoms with Crippen LogP contribution in [-0.4, -0.2) is 14.1 Å². The highest BCUT2D eigenvalue weighted by atomic mass is 32.2. The number of hydrogen-bond acceptors (Lipinski definition) is 4. The SMILES string of the molecule is C/C(=N/NS(=O)(=O)c1ccc(C)cc1)c1ccco1. The number of hydrogen-bond donors (Lipinski definition) is 1. The third kappa shape index (κ3) is 3.23. The summed E-state index contributed by atoms with van der Waals surface area (Å²) in [6.07, 6.45) is 1.50. The van der Waals surface area contributed by atoms with Gasteiger partial charge in [-0.05, 0) is 38.1 Å². The van der Waals surface area contributed by atoms with Crippen LogP contribution >= 0.6 is 0 Å². The standard InChI is InChI=1S/C13H14N2O3S/c1-10-5-7-12(8-6-10)19(16,17)15-14-11(2)13-4-3-9-18-13/h3-9,15H,1-2H3/b14-11-. The minimum atomic E-state index is -3.64. The molecule has 2 rings (SSSR count). The Labute approximate surface area is 112 Å². The first-order valence-corrected chi connectivity index (χ1v) is 7.14. The number of rotatable bonds is 4. The fraction of sp³-hybridized carbons (Fsp3) is 0.154. The van der Waals surface area contributed by atoms with E-state index in [4.69, 9.17) is 4.42 Å². The maximum absolute atomic E-state index is 12.0. The molecule has 0 atom stereocenters. The molecule has 1 heterocycles. The lowest BCUT2D eigenvalue weighted by Crippen LogP contribution is -2.19. The van der Waals surface area contributed by atoms with E-state index in [2.05, 4.69) is 9.93 Å². The van der Waals surface area contributed by atoms with Gasteiger partial charge in [0.15, 0.2) is 0 Å². The van der Waals surface area contributed by atoms with Crippen molar-refractivity contribution in [1.29, 1.82) is 0 Å². The van der Waals surface area contributed by atoms with E-state index in [1.165, 1.54) is 18.4 Å². The van der Waals surface area contributed by atoms with E-state index in [-0.39, 0.29) is 4.90 Å². The summed E-state index contributed by atoms with van der Waals surface area (Å²) in [4.78, 5) is 2.36. The van der Waals surface area contributed by atoms with Gasteiger partial charge in [-0.15, -0.1) is 0 Å². The molecule has 1 aromatic heterocycles. The molecule has 0 saturated carbocycles. The Morgan fingerprint density at radius 1 is 1.21 bits per heavy atom. The summed E-state index contributed by atoms with van der Waals surface area (Å²) < 4.78 is 29.1. The number of benzene rings is 1. The zero-order valence-corrected chi connectivity index (χ0v) is 11.4. The van der Waals surface area contributed by atoms with Gasteiger partial charge < -0.3 is 4.42 Å². The van der Waals surface area contributed by atoms with Crippen molar-refractivity contribution >= 4 is 15.7 Å². The van der Waals surface area contributed by atoms with Gasteiger partial charge in [0.1, 0.15) is 11.5 Å². The van der Waals surface area contributed by atoms with Crippen LogP contribution in [0.15, 0.2) is 57.1 Å². The summed E-state index contributed by atoms with van der Waals surface area (Å²) in [6, 6.07) is 9.96. The maximum atomic E-state index is 12.0. The Morgan fingerprint density at radius 3 is 2.47 bits per heavy atom. The van der Waals surface area contributed by atoms with Gasteiger partial charge in [0, 0.05) is 0 Å². The van der Waals surface area contributed by atoms with Crippen molar-refractivity contribution in [3.63, 3.8) is 0 Å². The lowest BCUT2D eigenvalue weighted by molar-refractivity contribution is 0.556. The Balaban J connectivity index is 2.18. The van der Waals surface area contributed by atoms with Crippen LogP contribution < -0.4 is 4.83 Å². The third-order valence-corrected chi connectivity index (χ3v) is 3.77. The van der Waals surface area contributed by atoms with Crippen LogP contribution in [0.4, 0.5) is 0 Å². The average Bonchev–Trinajstić information content (AvgIpc) is 2.90. The summed E-state index contributed by atoms with van der Waals surface area (Å²) in [5.41, 5.74) is 1.45. The van der Waals surface area contributed by atoms with Gasteiger partial charge in [0.25, 0.3) is 10.0 Å². The molecule has 0 bridgehead atoms. The van der Waals surface area contributed by atoms with Crippen LogP contribution in [-0.2, 0) is 10.0 Å². The fourth-order valence-electron chi connectivity index (χ4n) is 1.44. The molecule has 0 amide bonds. The van der Waals surface area contributed by atoms with E-state index < -0.39 is 10.0 Å². The summed E-state index contributed by atoms with van der Waals surface area (Å²) >= 11 is 0. The van der Waals surface area contributed by atoms with E-state index in [1.54, 1.807) is 31.2 Å². The molecule has 2 aromatic rings.